The standard InChI is InChI=1S/C20H28F3N5O3/c1-3-24-6-8-27(9-7-24)19(29)15(2)25-10-12-26(13-11-25)17-5-4-16(20(21,22)23)14-18(17)28(30)31/h4-5,14-15H,3,6-13H2,1-2H3/t15-/m1/s1. The van der Waals surface area contributed by atoms with Crippen LogP contribution in [0.15, 0.2) is 18.2 Å². The third-order valence-corrected chi connectivity index (χ3v) is 6.19. The Balaban J connectivity index is 1.63. The van der Waals surface area contributed by atoms with Crippen LogP contribution < -0.4 is 4.90 Å². The van der Waals surface area contributed by atoms with Crippen molar-refractivity contribution in [3.8, 4) is 0 Å². The van der Waals surface area contributed by atoms with E-state index in [-0.39, 0.29) is 17.6 Å². The van der Waals surface area contributed by atoms with E-state index in [1.807, 2.05) is 16.7 Å². The Kier molecular flexibility index (Phi) is 7.05. The van der Waals surface area contributed by atoms with Crippen LogP contribution in [0, 0.1) is 10.1 Å². The third kappa shape index (κ3) is 5.27. The van der Waals surface area contributed by atoms with E-state index in [4.69, 9.17) is 0 Å². The summed E-state index contributed by atoms with van der Waals surface area (Å²) in [5, 5.41) is 11.4. The summed E-state index contributed by atoms with van der Waals surface area (Å²) < 4.78 is 38.8. The molecule has 0 N–H and O–H groups in total. The molecular formula is C20H28F3N5O3. The van der Waals surface area contributed by atoms with Gasteiger partial charge in [0.2, 0.25) is 5.91 Å². The van der Waals surface area contributed by atoms with Crippen molar-refractivity contribution >= 4 is 17.3 Å². The number of amides is 1. The molecule has 1 atom stereocenters. The molecule has 0 unspecified atom stereocenters. The lowest BCUT2D eigenvalue weighted by Gasteiger charge is -2.41. The highest BCUT2D eigenvalue weighted by molar-refractivity contribution is 5.81. The summed E-state index contributed by atoms with van der Waals surface area (Å²) in [7, 11) is 0. The highest BCUT2D eigenvalue weighted by atomic mass is 19.4. The van der Waals surface area contributed by atoms with Crippen molar-refractivity contribution in [3.05, 3.63) is 33.9 Å². The number of hydrogen-bond donors (Lipinski definition) is 0. The number of benzene rings is 1. The molecule has 1 aromatic carbocycles. The minimum absolute atomic E-state index is 0.0738. The lowest BCUT2D eigenvalue weighted by atomic mass is 10.1. The second-order valence-corrected chi connectivity index (χ2v) is 7.92. The van der Waals surface area contributed by atoms with E-state index in [1.54, 1.807) is 4.90 Å². The van der Waals surface area contributed by atoms with Gasteiger partial charge in [-0.05, 0) is 25.6 Å². The fourth-order valence-corrected chi connectivity index (χ4v) is 4.17. The molecule has 2 aliphatic heterocycles. The predicted molar refractivity (Wildman–Crippen MR) is 110 cm³/mol. The highest BCUT2D eigenvalue weighted by Crippen LogP contribution is 2.36. The molecule has 2 fully saturated rings. The molecule has 8 nitrogen and oxygen atoms in total. The lowest BCUT2D eigenvalue weighted by Crippen LogP contribution is -2.57. The van der Waals surface area contributed by atoms with Gasteiger partial charge in [-0.1, -0.05) is 6.92 Å². The average Bonchev–Trinajstić information content (AvgIpc) is 2.77. The third-order valence-electron chi connectivity index (χ3n) is 6.19. The van der Waals surface area contributed by atoms with Gasteiger partial charge in [-0.25, -0.2) is 0 Å². The average molecular weight is 443 g/mol. The molecule has 2 aliphatic rings. The molecule has 0 bridgehead atoms. The molecule has 2 saturated heterocycles. The van der Waals surface area contributed by atoms with Crippen LogP contribution in [0.5, 0.6) is 0 Å². The number of anilines is 1. The number of likely N-dealkylation sites (N-methyl/N-ethyl adjacent to an activating group) is 1. The number of piperazine rings is 2. The second kappa shape index (κ2) is 9.39. The lowest BCUT2D eigenvalue weighted by molar-refractivity contribution is -0.384. The van der Waals surface area contributed by atoms with E-state index in [9.17, 15) is 28.1 Å². The normalized spacial score (nSPS) is 20.0. The van der Waals surface area contributed by atoms with Gasteiger partial charge in [0, 0.05) is 58.4 Å². The Bertz CT molecular complexity index is 804. The fraction of sp³-hybridized carbons (Fsp3) is 0.650. The summed E-state index contributed by atoms with van der Waals surface area (Å²) in [5.74, 6) is 0.0738. The molecule has 172 valence electrons. The Labute approximate surface area is 179 Å². The van der Waals surface area contributed by atoms with Crippen LogP contribution in [0.3, 0.4) is 0 Å². The van der Waals surface area contributed by atoms with E-state index in [1.165, 1.54) is 6.07 Å². The van der Waals surface area contributed by atoms with Crippen LogP contribution in [-0.4, -0.2) is 90.5 Å². The summed E-state index contributed by atoms with van der Waals surface area (Å²) in [5.41, 5.74) is -1.42. The summed E-state index contributed by atoms with van der Waals surface area (Å²) in [4.78, 5) is 31.4. The summed E-state index contributed by atoms with van der Waals surface area (Å²) in [6.45, 7) is 9.85. The van der Waals surface area contributed by atoms with Crippen LogP contribution in [0.1, 0.15) is 19.4 Å². The SMILES string of the molecule is CCN1CCN(C(=O)[C@@H](C)N2CCN(c3ccc(C(F)(F)F)cc3[N+](=O)[O-])CC2)CC1. The van der Waals surface area contributed by atoms with E-state index >= 15 is 0 Å². The van der Waals surface area contributed by atoms with Gasteiger partial charge in [0.25, 0.3) is 5.69 Å². The van der Waals surface area contributed by atoms with E-state index in [0.29, 0.717) is 45.3 Å². The van der Waals surface area contributed by atoms with Gasteiger partial charge in [0.05, 0.1) is 16.5 Å². The second-order valence-electron chi connectivity index (χ2n) is 7.92. The van der Waals surface area contributed by atoms with Gasteiger partial charge in [-0.15, -0.1) is 0 Å². The van der Waals surface area contributed by atoms with Gasteiger partial charge >= 0.3 is 6.18 Å². The Morgan fingerprint density at radius 2 is 1.71 bits per heavy atom. The topological polar surface area (TPSA) is 73.2 Å². The number of alkyl halides is 3. The number of halogens is 3. The molecule has 0 saturated carbocycles. The smallest absolute Gasteiger partial charge is 0.363 e. The number of nitro benzene ring substituents is 1. The maximum absolute atomic E-state index is 12.9. The number of hydrogen-bond acceptors (Lipinski definition) is 6. The maximum atomic E-state index is 12.9. The molecule has 2 heterocycles. The molecule has 0 spiro atoms. The van der Waals surface area contributed by atoms with Gasteiger partial charge in [-0.2, -0.15) is 13.2 Å². The van der Waals surface area contributed by atoms with Crippen molar-refractivity contribution in [3.63, 3.8) is 0 Å². The quantitative estimate of drug-likeness (QED) is 0.514. The van der Waals surface area contributed by atoms with Gasteiger partial charge in [-0.3, -0.25) is 19.8 Å². The van der Waals surface area contributed by atoms with Crippen LogP contribution >= 0.6 is 0 Å². The van der Waals surface area contributed by atoms with Crippen molar-refractivity contribution in [2.24, 2.45) is 0 Å². The number of carbonyl (C=O) groups excluding carboxylic acids is 1. The zero-order valence-electron chi connectivity index (χ0n) is 17.8. The van der Waals surface area contributed by atoms with Crippen molar-refractivity contribution < 1.29 is 22.9 Å². The summed E-state index contributed by atoms with van der Waals surface area (Å²) in [6.07, 6.45) is -4.64. The van der Waals surface area contributed by atoms with Crippen molar-refractivity contribution in [2.45, 2.75) is 26.1 Å². The zero-order valence-corrected chi connectivity index (χ0v) is 17.8. The van der Waals surface area contributed by atoms with Crippen molar-refractivity contribution in [1.29, 1.82) is 0 Å². The molecule has 0 aliphatic carbocycles. The highest BCUT2D eigenvalue weighted by Gasteiger charge is 2.35. The van der Waals surface area contributed by atoms with Gasteiger partial charge < -0.3 is 14.7 Å². The van der Waals surface area contributed by atoms with Crippen LogP contribution in [0.25, 0.3) is 0 Å². The fourth-order valence-electron chi connectivity index (χ4n) is 4.17. The number of nitrogens with zero attached hydrogens (tertiary/aromatic N) is 5. The molecule has 0 radical (unpaired) electrons. The first-order valence-corrected chi connectivity index (χ1v) is 10.5. The first-order valence-electron chi connectivity index (χ1n) is 10.5. The van der Waals surface area contributed by atoms with Crippen molar-refractivity contribution in [2.75, 3.05) is 63.8 Å². The van der Waals surface area contributed by atoms with Gasteiger partial charge in [0.15, 0.2) is 0 Å². The zero-order chi connectivity index (χ0) is 22.8. The molecule has 1 amide bonds. The molecule has 0 aromatic heterocycles. The van der Waals surface area contributed by atoms with Crippen LogP contribution in [-0.2, 0) is 11.0 Å². The Hall–Kier alpha value is -2.40. The van der Waals surface area contributed by atoms with E-state index in [0.717, 1.165) is 25.7 Å². The number of nitro groups is 1. The maximum Gasteiger partial charge on any atom is 0.416 e. The first-order chi connectivity index (χ1) is 14.6. The molecular weight excluding hydrogens is 415 g/mol. The minimum Gasteiger partial charge on any atom is -0.363 e. The molecule has 31 heavy (non-hydrogen) atoms. The molecule has 3 rings (SSSR count). The minimum atomic E-state index is -4.64. The first kappa shape index (κ1) is 23.3. The molecule has 1 aromatic rings. The summed E-state index contributed by atoms with van der Waals surface area (Å²) in [6, 6.07) is 2.32. The Morgan fingerprint density at radius 1 is 1.10 bits per heavy atom. The van der Waals surface area contributed by atoms with Crippen LogP contribution in [0.2, 0.25) is 0 Å². The van der Waals surface area contributed by atoms with Crippen molar-refractivity contribution in [1.82, 2.24) is 14.7 Å². The Morgan fingerprint density at radius 3 is 2.23 bits per heavy atom. The number of rotatable bonds is 5. The monoisotopic (exact) mass is 443 g/mol. The summed E-state index contributed by atoms with van der Waals surface area (Å²) >= 11 is 0. The largest absolute Gasteiger partial charge is 0.416 e. The van der Waals surface area contributed by atoms with Gasteiger partial charge in [0.1, 0.15) is 5.69 Å². The predicted octanol–water partition coefficient (Wildman–Crippen LogP) is 2.29. The molecule has 11 heteroatoms. The van der Waals surface area contributed by atoms with E-state index < -0.39 is 22.4 Å². The number of carbonyl (C=O) groups is 1. The van der Waals surface area contributed by atoms with E-state index in [2.05, 4.69) is 11.8 Å². The van der Waals surface area contributed by atoms with Crippen LogP contribution in [0.4, 0.5) is 24.5 Å².